The summed E-state index contributed by atoms with van der Waals surface area (Å²) in [4.78, 5) is 9.22. The Bertz CT molecular complexity index is 752. The van der Waals surface area contributed by atoms with Gasteiger partial charge >= 0.3 is 0 Å². The van der Waals surface area contributed by atoms with Crippen LogP contribution in [0.4, 0.5) is 5.82 Å². The Morgan fingerprint density at radius 1 is 1.21 bits per heavy atom. The molecule has 3 nitrogen and oxygen atoms in total. The maximum atomic E-state index is 6.22. The second-order valence-electron chi connectivity index (χ2n) is 4.22. The molecule has 0 atom stereocenters. The Labute approximate surface area is 120 Å². The number of fused-ring (bicyclic) bond motifs is 1. The van der Waals surface area contributed by atoms with Gasteiger partial charge in [0.2, 0.25) is 0 Å². The topological polar surface area (TPSA) is 37.8 Å². The van der Waals surface area contributed by atoms with Gasteiger partial charge in [0.25, 0.3) is 0 Å². The number of anilines is 1. The van der Waals surface area contributed by atoms with E-state index >= 15 is 0 Å². The summed E-state index contributed by atoms with van der Waals surface area (Å²) in [6.07, 6.45) is 0. The zero-order chi connectivity index (χ0) is 13.4. The summed E-state index contributed by atoms with van der Waals surface area (Å²) in [7, 11) is 1.87. The smallest absolute Gasteiger partial charge is 0.163 e. The number of hydrogen-bond acceptors (Lipinski definition) is 4. The Kier molecular flexibility index (Phi) is 3.12. The molecular formula is C14H12ClN3S. The Morgan fingerprint density at radius 2 is 2.00 bits per heavy atom. The van der Waals surface area contributed by atoms with Crippen molar-refractivity contribution in [3.8, 4) is 11.4 Å². The van der Waals surface area contributed by atoms with E-state index in [9.17, 15) is 0 Å². The highest BCUT2D eigenvalue weighted by molar-refractivity contribution is 7.18. The molecule has 0 fully saturated rings. The van der Waals surface area contributed by atoms with Gasteiger partial charge in [-0.1, -0.05) is 23.7 Å². The molecule has 0 unspecified atom stereocenters. The molecule has 1 aromatic carbocycles. The first-order valence-corrected chi connectivity index (χ1v) is 7.15. The lowest BCUT2D eigenvalue weighted by Crippen LogP contribution is -1.97. The standard InChI is InChI=1S/C14H12ClN3S/c1-8-7-19-12-11(8)17-13(18-14(12)16-2)9-5-3-4-6-10(9)15/h3-7H,1-2H3,(H,16,17,18). The van der Waals surface area contributed by atoms with Gasteiger partial charge in [-0.3, -0.25) is 0 Å². The van der Waals surface area contributed by atoms with E-state index in [1.165, 1.54) is 0 Å². The van der Waals surface area contributed by atoms with Crippen molar-refractivity contribution in [2.75, 3.05) is 12.4 Å². The van der Waals surface area contributed by atoms with E-state index < -0.39 is 0 Å². The summed E-state index contributed by atoms with van der Waals surface area (Å²) in [6, 6.07) is 7.63. The van der Waals surface area contributed by atoms with Crippen molar-refractivity contribution in [3.05, 3.63) is 40.2 Å². The SMILES string of the molecule is CNc1nc(-c2ccccc2Cl)nc2c(C)csc12. The fraction of sp³-hybridized carbons (Fsp3) is 0.143. The third kappa shape index (κ3) is 2.07. The van der Waals surface area contributed by atoms with Gasteiger partial charge in [-0.25, -0.2) is 9.97 Å². The van der Waals surface area contributed by atoms with Crippen LogP contribution >= 0.6 is 22.9 Å². The lowest BCUT2D eigenvalue weighted by molar-refractivity contribution is 1.21. The highest BCUT2D eigenvalue weighted by atomic mass is 35.5. The zero-order valence-electron chi connectivity index (χ0n) is 10.6. The fourth-order valence-electron chi connectivity index (χ4n) is 1.96. The third-order valence-corrected chi connectivity index (χ3v) is 4.37. The first kappa shape index (κ1) is 12.4. The number of aryl methyl sites for hydroxylation is 1. The van der Waals surface area contributed by atoms with Crippen molar-refractivity contribution < 1.29 is 0 Å². The third-order valence-electron chi connectivity index (χ3n) is 2.94. The summed E-state index contributed by atoms with van der Waals surface area (Å²) >= 11 is 7.87. The van der Waals surface area contributed by atoms with Crippen molar-refractivity contribution in [3.63, 3.8) is 0 Å². The minimum Gasteiger partial charge on any atom is -0.372 e. The molecule has 0 aliphatic carbocycles. The molecule has 0 spiro atoms. The van der Waals surface area contributed by atoms with Crippen LogP contribution in [0.15, 0.2) is 29.6 Å². The average Bonchev–Trinajstić information content (AvgIpc) is 2.80. The largest absolute Gasteiger partial charge is 0.372 e. The summed E-state index contributed by atoms with van der Waals surface area (Å²) in [5.41, 5.74) is 3.00. The fourth-order valence-corrected chi connectivity index (χ4v) is 3.17. The van der Waals surface area contributed by atoms with E-state index in [0.717, 1.165) is 27.2 Å². The van der Waals surface area contributed by atoms with Crippen molar-refractivity contribution in [2.45, 2.75) is 6.92 Å². The normalized spacial score (nSPS) is 10.9. The predicted molar refractivity (Wildman–Crippen MR) is 82.1 cm³/mol. The van der Waals surface area contributed by atoms with Crippen LogP contribution in [0.1, 0.15) is 5.56 Å². The van der Waals surface area contributed by atoms with E-state index in [1.54, 1.807) is 11.3 Å². The number of benzene rings is 1. The quantitative estimate of drug-likeness (QED) is 0.761. The maximum Gasteiger partial charge on any atom is 0.163 e. The van der Waals surface area contributed by atoms with Crippen LogP contribution < -0.4 is 5.32 Å². The Balaban J connectivity index is 2.30. The van der Waals surface area contributed by atoms with Crippen LogP contribution in [0, 0.1) is 6.92 Å². The van der Waals surface area contributed by atoms with Crippen molar-refractivity contribution in [2.24, 2.45) is 0 Å². The maximum absolute atomic E-state index is 6.22. The predicted octanol–water partition coefficient (Wildman–Crippen LogP) is 4.36. The molecule has 0 radical (unpaired) electrons. The molecule has 0 saturated carbocycles. The molecule has 0 bridgehead atoms. The number of nitrogens with zero attached hydrogens (tertiary/aromatic N) is 2. The number of halogens is 1. The van der Waals surface area contributed by atoms with Gasteiger partial charge in [0.15, 0.2) is 5.82 Å². The molecule has 3 rings (SSSR count). The van der Waals surface area contributed by atoms with Gasteiger partial charge < -0.3 is 5.32 Å². The van der Waals surface area contributed by atoms with Crippen molar-refractivity contribution in [1.29, 1.82) is 0 Å². The van der Waals surface area contributed by atoms with Gasteiger partial charge in [0.1, 0.15) is 5.82 Å². The molecule has 0 amide bonds. The van der Waals surface area contributed by atoms with Gasteiger partial charge in [-0.2, -0.15) is 0 Å². The molecule has 3 aromatic rings. The highest BCUT2D eigenvalue weighted by Crippen LogP contribution is 2.33. The summed E-state index contributed by atoms with van der Waals surface area (Å²) in [5.74, 6) is 1.50. The second-order valence-corrected chi connectivity index (χ2v) is 5.51. The molecule has 2 aromatic heterocycles. The lowest BCUT2D eigenvalue weighted by atomic mass is 10.2. The second kappa shape index (κ2) is 4.79. The van der Waals surface area contributed by atoms with Crippen LogP contribution in [0.3, 0.4) is 0 Å². The molecule has 2 heterocycles. The van der Waals surface area contributed by atoms with Gasteiger partial charge in [0, 0.05) is 12.6 Å². The average molecular weight is 290 g/mol. The van der Waals surface area contributed by atoms with E-state index in [-0.39, 0.29) is 0 Å². The van der Waals surface area contributed by atoms with Crippen LogP contribution in [-0.2, 0) is 0 Å². The van der Waals surface area contributed by atoms with Crippen molar-refractivity contribution in [1.82, 2.24) is 9.97 Å². The van der Waals surface area contributed by atoms with Crippen molar-refractivity contribution >= 4 is 39.0 Å². The summed E-state index contributed by atoms with van der Waals surface area (Å²) < 4.78 is 1.08. The molecular weight excluding hydrogens is 278 g/mol. The summed E-state index contributed by atoms with van der Waals surface area (Å²) in [6.45, 7) is 2.06. The first-order valence-electron chi connectivity index (χ1n) is 5.89. The van der Waals surface area contributed by atoms with E-state index in [0.29, 0.717) is 10.8 Å². The van der Waals surface area contributed by atoms with E-state index in [2.05, 4.69) is 27.6 Å². The Morgan fingerprint density at radius 3 is 2.74 bits per heavy atom. The number of thiophene rings is 1. The lowest BCUT2D eigenvalue weighted by Gasteiger charge is -2.07. The molecule has 0 aliphatic heterocycles. The Hall–Kier alpha value is -1.65. The number of aromatic nitrogens is 2. The summed E-state index contributed by atoms with van der Waals surface area (Å²) in [5, 5.41) is 5.89. The molecule has 1 N–H and O–H groups in total. The minimum atomic E-state index is 0.656. The molecule has 0 saturated heterocycles. The van der Waals surface area contributed by atoms with Crippen LogP contribution in [-0.4, -0.2) is 17.0 Å². The van der Waals surface area contributed by atoms with E-state index in [1.807, 2.05) is 31.3 Å². The number of nitrogens with one attached hydrogen (secondary N) is 1. The van der Waals surface area contributed by atoms with Crippen LogP contribution in [0.25, 0.3) is 21.6 Å². The van der Waals surface area contributed by atoms with Gasteiger partial charge in [-0.05, 0) is 30.0 Å². The zero-order valence-corrected chi connectivity index (χ0v) is 12.1. The van der Waals surface area contributed by atoms with Crippen LogP contribution in [0.2, 0.25) is 5.02 Å². The number of rotatable bonds is 2. The molecule has 96 valence electrons. The molecule has 0 aliphatic rings. The van der Waals surface area contributed by atoms with Gasteiger partial charge in [-0.15, -0.1) is 11.3 Å². The highest BCUT2D eigenvalue weighted by Gasteiger charge is 2.13. The van der Waals surface area contributed by atoms with E-state index in [4.69, 9.17) is 11.6 Å². The van der Waals surface area contributed by atoms with Crippen LogP contribution in [0.5, 0.6) is 0 Å². The minimum absolute atomic E-state index is 0.656. The first-order chi connectivity index (χ1) is 9.20. The molecule has 19 heavy (non-hydrogen) atoms. The monoisotopic (exact) mass is 289 g/mol. The van der Waals surface area contributed by atoms with Gasteiger partial charge in [0.05, 0.1) is 15.2 Å². The number of hydrogen-bond donors (Lipinski definition) is 1. The molecule has 5 heteroatoms.